The molecular weight excluding hydrogens is 384 g/mol. The van der Waals surface area contributed by atoms with Crippen molar-refractivity contribution in [2.45, 2.75) is 18.7 Å². The number of ether oxygens (including phenoxy) is 2. The summed E-state index contributed by atoms with van der Waals surface area (Å²) < 4.78 is 36.6. The van der Waals surface area contributed by atoms with E-state index in [1.54, 1.807) is 17.0 Å². The fourth-order valence-electron chi connectivity index (χ4n) is 2.70. The van der Waals surface area contributed by atoms with Crippen LogP contribution in [-0.4, -0.2) is 75.5 Å². The molecule has 0 spiro atoms. The molecule has 1 amide bonds. The normalized spacial score (nSPS) is 15.5. The lowest BCUT2D eigenvalue weighted by molar-refractivity contribution is -0.147. The van der Waals surface area contributed by atoms with E-state index in [1.165, 1.54) is 28.6 Å². The average molecular weight is 410 g/mol. The van der Waals surface area contributed by atoms with Gasteiger partial charge in [0.2, 0.25) is 10.0 Å². The first kappa shape index (κ1) is 22.1. The van der Waals surface area contributed by atoms with Crippen molar-refractivity contribution in [2.24, 2.45) is 0 Å². The maximum Gasteiger partial charge on any atom is 0.331 e. The van der Waals surface area contributed by atoms with E-state index in [4.69, 9.17) is 9.47 Å². The smallest absolute Gasteiger partial charge is 0.331 e. The molecule has 0 atom stereocenters. The molecule has 1 aromatic carbocycles. The number of benzene rings is 1. The van der Waals surface area contributed by atoms with Gasteiger partial charge in [-0.3, -0.25) is 4.79 Å². The number of hydrogen-bond acceptors (Lipinski definition) is 6. The van der Waals surface area contributed by atoms with Crippen LogP contribution in [0.3, 0.4) is 0 Å². The third-order valence-corrected chi connectivity index (χ3v) is 6.27. The predicted octanol–water partition coefficient (Wildman–Crippen LogP) is 1.13. The number of likely N-dealkylation sites (N-methyl/N-ethyl adjacent to an activating group) is 1. The summed E-state index contributed by atoms with van der Waals surface area (Å²) in [5.41, 5.74) is 0.646. The molecule has 1 saturated heterocycles. The first-order chi connectivity index (χ1) is 13.4. The minimum atomic E-state index is -3.55. The standard InChI is InChI=1S/C19H26N2O6S/c1-3-20(4-2)18(22)15-27-19(23)10-7-16-5-8-17(9-6-16)28(24,25)21-11-13-26-14-12-21/h5-10H,3-4,11-15H2,1-2H3/b10-7+. The molecule has 28 heavy (non-hydrogen) atoms. The Morgan fingerprint density at radius 2 is 1.75 bits per heavy atom. The molecular formula is C19H26N2O6S. The number of carbonyl (C=O) groups excluding carboxylic acids is 2. The molecule has 1 aromatic rings. The average Bonchev–Trinajstić information content (AvgIpc) is 2.72. The minimum absolute atomic E-state index is 0.193. The fourth-order valence-corrected chi connectivity index (χ4v) is 4.11. The number of sulfonamides is 1. The summed E-state index contributed by atoms with van der Waals surface area (Å²) in [6.45, 7) is 5.96. The molecule has 0 aliphatic carbocycles. The number of carbonyl (C=O) groups is 2. The van der Waals surface area contributed by atoms with Gasteiger partial charge < -0.3 is 14.4 Å². The number of morpholine rings is 1. The van der Waals surface area contributed by atoms with Crippen LogP contribution in [0.5, 0.6) is 0 Å². The monoisotopic (exact) mass is 410 g/mol. The molecule has 1 fully saturated rings. The van der Waals surface area contributed by atoms with E-state index >= 15 is 0 Å². The van der Waals surface area contributed by atoms with Gasteiger partial charge in [-0.1, -0.05) is 12.1 Å². The second kappa shape index (κ2) is 10.4. The summed E-state index contributed by atoms with van der Waals surface area (Å²) in [5, 5.41) is 0. The minimum Gasteiger partial charge on any atom is -0.452 e. The highest BCUT2D eigenvalue weighted by Crippen LogP contribution is 2.18. The molecule has 0 unspecified atom stereocenters. The number of nitrogens with zero attached hydrogens (tertiary/aromatic N) is 2. The van der Waals surface area contributed by atoms with Gasteiger partial charge in [-0.25, -0.2) is 13.2 Å². The van der Waals surface area contributed by atoms with Crippen LogP contribution in [-0.2, 0) is 29.1 Å². The van der Waals surface area contributed by atoms with Crippen LogP contribution in [0.2, 0.25) is 0 Å². The SMILES string of the molecule is CCN(CC)C(=O)COC(=O)/C=C/c1ccc(S(=O)(=O)N2CCOCC2)cc1. The van der Waals surface area contributed by atoms with Gasteiger partial charge in [0.15, 0.2) is 6.61 Å². The Hall–Kier alpha value is -2.23. The van der Waals surface area contributed by atoms with E-state index < -0.39 is 16.0 Å². The van der Waals surface area contributed by atoms with Crippen molar-refractivity contribution < 1.29 is 27.5 Å². The van der Waals surface area contributed by atoms with Crippen molar-refractivity contribution in [1.82, 2.24) is 9.21 Å². The van der Waals surface area contributed by atoms with Crippen LogP contribution < -0.4 is 0 Å². The first-order valence-electron chi connectivity index (χ1n) is 9.19. The topological polar surface area (TPSA) is 93.2 Å². The number of rotatable bonds is 8. The Morgan fingerprint density at radius 3 is 2.32 bits per heavy atom. The predicted molar refractivity (Wildman–Crippen MR) is 104 cm³/mol. The third kappa shape index (κ3) is 5.88. The molecule has 0 radical (unpaired) electrons. The van der Waals surface area contributed by atoms with Crippen LogP contribution in [0, 0.1) is 0 Å². The summed E-state index contributed by atoms with van der Waals surface area (Å²) in [6.07, 6.45) is 2.72. The van der Waals surface area contributed by atoms with Gasteiger partial charge in [-0.2, -0.15) is 4.31 Å². The Bertz CT molecular complexity index is 794. The highest BCUT2D eigenvalue weighted by Gasteiger charge is 2.25. The van der Waals surface area contributed by atoms with Gasteiger partial charge in [-0.05, 0) is 37.6 Å². The highest BCUT2D eigenvalue weighted by molar-refractivity contribution is 7.89. The Kier molecular flexibility index (Phi) is 8.16. The molecule has 0 saturated carbocycles. The number of esters is 1. The van der Waals surface area contributed by atoms with E-state index in [1.807, 2.05) is 13.8 Å². The lowest BCUT2D eigenvalue weighted by Gasteiger charge is -2.26. The van der Waals surface area contributed by atoms with Crippen LogP contribution in [0.1, 0.15) is 19.4 Å². The van der Waals surface area contributed by atoms with Gasteiger partial charge in [-0.15, -0.1) is 0 Å². The van der Waals surface area contributed by atoms with Crippen molar-refractivity contribution in [3.63, 3.8) is 0 Å². The van der Waals surface area contributed by atoms with Crippen LogP contribution in [0.4, 0.5) is 0 Å². The maximum absolute atomic E-state index is 12.6. The van der Waals surface area contributed by atoms with E-state index in [-0.39, 0.29) is 17.4 Å². The Labute approximate surface area is 165 Å². The zero-order valence-electron chi connectivity index (χ0n) is 16.2. The second-order valence-corrected chi connectivity index (χ2v) is 8.03. The summed E-state index contributed by atoms with van der Waals surface area (Å²) in [5.74, 6) is -0.880. The largest absolute Gasteiger partial charge is 0.452 e. The molecule has 2 rings (SSSR count). The molecule has 154 valence electrons. The van der Waals surface area contributed by atoms with Crippen molar-refractivity contribution in [2.75, 3.05) is 46.0 Å². The fraction of sp³-hybridized carbons (Fsp3) is 0.474. The van der Waals surface area contributed by atoms with Gasteiger partial charge in [0.25, 0.3) is 5.91 Å². The van der Waals surface area contributed by atoms with E-state index in [9.17, 15) is 18.0 Å². The summed E-state index contributed by atoms with van der Waals surface area (Å²) >= 11 is 0. The lowest BCUT2D eigenvalue weighted by atomic mass is 10.2. The Balaban J connectivity index is 1.92. The van der Waals surface area contributed by atoms with Gasteiger partial charge in [0, 0.05) is 32.3 Å². The molecule has 0 bridgehead atoms. The van der Waals surface area contributed by atoms with Crippen LogP contribution in [0.15, 0.2) is 35.2 Å². The maximum atomic E-state index is 12.6. The van der Waals surface area contributed by atoms with Crippen molar-refractivity contribution >= 4 is 28.0 Å². The number of amides is 1. The first-order valence-corrected chi connectivity index (χ1v) is 10.6. The van der Waals surface area contributed by atoms with Crippen molar-refractivity contribution in [1.29, 1.82) is 0 Å². The van der Waals surface area contributed by atoms with Crippen molar-refractivity contribution in [3.05, 3.63) is 35.9 Å². The van der Waals surface area contributed by atoms with E-state index in [0.717, 1.165) is 0 Å². The second-order valence-electron chi connectivity index (χ2n) is 6.09. The lowest BCUT2D eigenvalue weighted by Crippen LogP contribution is -2.40. The summed E-state index contributed by atoms with van der Waals surface area (Å²) in [7, 11) is -3.55. The molecule has 1 heterocycles. The molecule has 0 aromatic heterocycles. The van der Waals surface area contributed by atoms with Crippen LogP contribution >= 0.6 is 0 Å². The van der Waals surface area contributed by atoms with E-state index in [2.05, 4.69) is 0 Å². The van der Waals surface area contributed by atoms with E-state index in [0.29, 0.717) is 45.0 Å². The number of hydrogen-bond donors (Lipinski definition) is 0. The van der Waals surface area contributed by atoms with Gasteiger partial charge in [0.05, 0.1) is 18.1 Å². The third-order valence-electron chi connectivity index (χ3n) is 4.35. The Morgan fingerprint density at radius 1 is 1.14 bits per heavy atom. The summed E-state index contributed by atoms with van der Waals surface area (Å²) in [4.78, 5) is 25.3. The zero-order chi connectivity index (χ0) is 20.6. The quantitative estimate of drug-likeness (QED) is 0.471. The van der Waals surface area contributed by atoms with Gasteiger partial charge >= 0.3 is 5.97 Å². The molecule has 8 nitrogen and oxygen atoms in total. The molecule has 9 heteroatoms. The zero-order valence-corrected chi connectivity index (χ0v) is 17.0. The molecule has 1 aliphatic rings. The van der Waals surface area contributed by atoms with Gasteiger partial charge in [0.1, 0.15) is 0 Å². The summed E-state index contributed by atoms with van der Waals surface area (Å²) in [6, 6.07) is 6.22. The highest BCUT2D eigenvalue weighted by atomic mass is 32.2. The molecule has 0 N–H and O–H groups in total. The molecule has 1 aliphatic heterocycles. The van der Waals surface area contributed by atoms with Crippen molar-refractivity contribution in [3.8, 4) is 0 Å². The van der Waals surface area contributed by atoms with Crippen LogP contribution in [0.25, 0.3) is 6.08 Å².